The summed E-state index contributed by atoms with van der Waals surface area (Å²) in [6, 6.07) is 14.8. The lowest BCUT2D eigenvalue weighted by molar-refractivity contribution is -0.139. The highest BCUT2D eigenvalue weighted by molar-refractivity contribution is 7.92. The van der Waals surface area contributed by atoms with Crippen LogP contribution in [0.2, 0.25) is 10.0 Å². The van der Waals surface area contributed by atoms with Crippen molar-refractivity contribution in [1.29, 1.82) is 0 Å². The molecule has 0 unspecified atom stereocenters. The number of aryl methyl sites for hydroxylation is 1. The van der Waals surface area contributed by atoms with Crippen molar-refractivity contribution in [3.05, 3.63) is 93.7 Å². The lowest BCUT2D eigenvalue weighted by Gasteiger charge is -2.32. The Morgan fingerprint density at radius 1 is 0.974 bits per heavy atom. The van der Waals surface area contributed by atoms with Gasteiger partial charge in [-0.25, -0.2) is 12.8 Å². The van der Waals surface area contributed by atoms with Crippen LogP contribution in [0, 0.1) is 12.7 Å². The van der Waals surface area contributed by atoms with Crippen LogP contribution < -0.4 is 9.62 Å². The molecule has 1 atom stereocenters. The van der Waals surface area contributed by atoms with E-state index in [1.54, 1.807) is 37.3 Å². The summed E-state index contributed by atoms with van der Waals surface area (Å²) >= 11 is 12.7. The number of sulfonamides is 1. The van der Waals surface area contributed by atoms with E-state index in [1.807, 2.05) is 6.92 Å². The molecule has 7 nitrogen and oxygen atoms in total. The summed E-state index contributed by atoms with van der Waals surface area (Å²) < 4.78 is 42.0. The van der Waals surface area contributed by atoms with Crippen molar-refractivity contribution in [3.63, 3.8) is 0 Å². The molecule has 202 valence electrons. The zero-order valence-corrected chi connectivity index (χ0v) is 23.4. The quantitative estimate of drug-likeness (QED) is 0.358. The Balaban J connectivity index is 2.06. The third-order valence-corrected chi connectivity index (χ3v) is 8.41. The Bertz CT molecular complexity index is 1380. The molecule has 3 aromatic carbocycles. The molecule has 0 bridgehead atoms. The number of nitrogens with one attached hydrogen (secondary N) is 1. The van der Waals surface area contributed by atoms with Crippen molar-refractivity contribution in [3.8, 4) is 0 Å². The van der Waals surface area contributed by atoms with Crippen LogP contribution in [-0.2, 0) is 26.2 Å². The van der Waals surface area contributed by atoms with Gasteiger partial charge in [-0.3, -0.25) is 13.9 Å². The molecule has 0 aliphatic carbocycles. The minimum atomic E-state index is -4.25. The van der Waals surface area contributed by atoms with Crippen LogP contribution in [0.1, 0.15) is 25.0 Å². The average molecular weight is 581 g/mol. The van der Waals surface area contributed by atoms with Crippen molar-refractivity contribution in [1.82, 2.24) is 10.2 Å². The Kier molecular flexibility index (Phi) is 9.76. The number of nitrogens with zero attached hydrogens (tertiary/aromatic N) is 2. The van der Waals surface area contributed by atoms with E-state index in [2.05, 4.69) is 5.32 Å². The lowest BCUT2D eigenvalue weighted by Crippen LogP contribution is -2.51. The summed E-state index contributed by atoms with van der Waals surface area (Å²) in [6.07, 6.45) is 0. The molecule has 1 N–H and O–H groups in total. The van der Waals surface area contributed by atoms with Gasteiger partial charge in [-0.15, -0.1) is 0 Å². The zero-order valence-electron chi connectivity index (χ0n) is 21.1. The van der Waals surface area contributed by atoms with E-state index in [1.165, 1.54) is 36.1 Å². The monoisotopic (exact) mass is 579 g/mol. The molecular weight excluding hydrogens is 552 g/mol. The molecule has 11 heteroatoms. The topological polar surface area (TPSA) is 86.8 Å². The SMILES string of the molecule is CCNC(=O)[C@H](C)N(Cc1c(Cl)cccc1Cl)C(=O)CN(c1ccc(F)cc1)S(=O)(=O)c1ccc(C)cc1. The van der Waals surface area contributed by atoms with Crippen LogP contribution in [0.3, 0.4) is 0 Å². The van der Waals surface area contributed by atoms with Crippen LogP contribution in [0.5, 0.6) is 0 Å². The fourth-order valence-corrected chi connectivity index (χ4v) is 5.66. The first kappa shape index (κ1) is 29.4. The van der Waals surface area contributed by atoms with Gasteiger partial charge >= 0.3 is 0 Å². The summed E-state index contributed by atoms with van der Waals surface area (Å²) in [5.41, 5.74) is 1.35. The first-order valence-electron chi connectivity index (χ1n) is 11.8. The van der Waals surface area contributed by atoms with Crippen LogP contribution >= 0.6 is 23.2 Å². The van der Waals surface area contributed by atoms with Crippen LogP contribution in [0.15, 0.2) is 71.6 Å². The van der Waals surface area contributed by atoms with Gasteiger partial charge in [0.2, 0.25) is 11.8 Å². The third-order valence-electron chi connectivity index (χ3n) is 5.91. The van der Waals surface area contributed by atoms with Gasteiger partial charge in [-0.05, 0) is 69.3 Å². The van der Waals surface area contributed by atoms with Gasteiger partial charge in [0, 0.05) is 28.7 Å². The number of anilines is 1. The second-order valence-electron chi connectivity index (χ2n) is 8.59. The van der Waals surface area contributed by atoms with Gasteiger partial charge in [0.25, 0.3) is 10.0 Å². The molecule has 3 rings (SSSR count). The molecular formula is C27H28Cl2FN3O4S. The molecule has 0 aliphatic heterocycles. The number of amides is 2. The summed E-state index contributed by atoms with van der Waals surface area (Å²) in [7, 11) is -4.25. The lowest BCUT2D eigenvalue weighted by atomic mass is 10.1. The Morgan fingerprint density at radius 3 is 2.11 bits per heavy atom. The second-order valence-corrected chi connectivity index (χ2v) is 11.3. The Morgan fingerprint density at radius 2 is 1.55 bits per heavy atom. The molecule has 0 saturated carbocycles. The van der Waals surface area contributed by atoms with Gasteiger partial charge < -0.3 is 10.2 Å². The third kappa shape index (κ3) is 6.83. The molecule has 0 heterocycles. The summed E-state index contributed by atoms with van der Waals surface area (Å²) in [4.78, 5) is 27.7. The van der Waals surface area contributed by atoms with E-state index in [-0.39, 0.29) is 17.1 Å². The Hall–Kier alpha value is -3.14. The van der Waals surface area contributed by atoms with E-state index >= 15 is 0 Å². The molecule has 0 aliphatic rings. The number of hydrogen-bond acceptors (Lipinski definition) is 4. The van der Waals surface area contributed by atoms with Gasteiger partial charge in [0.15, 0.2) is 0 Å². The number of benzene rings is 3. The average Bonchev–Trinajstić information content (AvgIpc) is 2.87. The number of halogens is 3. The van der Waals surface area contributed by atoms with Gasteiger partial charge in [0.1, 0.15) is 18.4 Å². The maximum atomic E-state index is 13.8. The molecule has 0 aromatic heterocycles. The maximum Gasteiger partial charge on any atom is 0.264 e. The highest BCUT2D eigenvalue weighted by Crippen LogP contribution is 2.28. The van der Waals surface area contributed by atoms with E-state index in [0.29, 0.717) is 22.2 Å². The van der Waals surface area contributed by atoms with Crippen molar-refractivity contribution in [2.45, 2.75) is 38.3 Å². The zero-order chi connectivity index (χ0) is 28.0. The van der Waals surface area contributed by atoms with Crippen molar-refractivity contribution in [2.75, 3.05) is 17.4 Å². The maximum absolute atomic E-state index is 13.8. The molecule has 0 fully saturated rings. The highest BCUT2D eigenvalue weighted by Gasteiger charge is 2.33. The van der Waals surface area contributed by atoms with Crippen molar-refractivity contribution >= 4 is 50.7 Å². The van der Waals surface area contributed by atoms with Gasteiger partial charge in [-0.2, -0.15) is 0 Å². The molecule has 0 spiro atoms. The minimum absolute atomic E-state index is 0.0438. The number of likely N-dealkylation sites (N-methyl/N-ethyl adjacent to an activating group) is 1. The first-order valence-corrected chi connectivity index (χ1v) is 14.0. The van der Waals surface area contributed by atoms with Crippen LogP contribution in [0.25, 0.3) is 0 Å². The molecule has 2 amide bonds. The predicted octanol–water partition coefficient (Wildman–Crippen LogP) is 5.19. The number of hydrogen-bond donors (Lipinski definition) is 1. The molecule has 3 aromatic rings. The van der Waals surface area contributed by atoms with Gasteiger partial charge in [0.05, 0.1) is 10.6 Å². The second kappa shape index (κ2) is 12.6. The summed E-state index contributed by atoms with van der Waals surface area (Å²) in [5.74, 6) is -1.67. The number of rotatable bonds is 10. The van der Waals surface area contributed by atoms with E-state index in [9.17, 15) is 22.4 Å². The predicted molar refractivity (Wildman–Crippen MR) is 147 cm³/mol. The van der Waals surface area contributed by atoms with Gasteiger partial charge in [-0.1, -0.05) is 47.0 Å². The largest absolute Gasteiger partial charge is 0.355 e. The minimum Gasteiger partial charge on any atom is -0.355 e. The number of carbonyl (C=O) groups excluding carboxylic acids is 2. The van der Waals surface area contributed by atoms with Crippen molar-refractivity contribution in [2.24, 2.45) is 0 Å². The van der Waals surface area contributed by atoms with E-state index in [0.717, 1.165) is 22.0 Å². The molecule has 0 saturated heterocycles. The fourth-order valence-electron chi connectivity index (χ4n) is 3.73. The summed E-state index contributed by atoms with van der Waals surface area (Å²) in [6.45, 7) is 4.63. The molecule has 0 radical (unpaired) electrons. The summed E-state index contributed by atoms with van der Waals surface area (Å²) in [5, 5.41) is 3.26. The highest BCUT2D eigenvalue weighted by atomic mass is 35.5. The van der Waals surface area contributed by atoms with E-state index < -0.39 is 40.2 Å². The first-order chi connectivity index (χ1) is 17.9. The van der Waals surface area contributed by atoms with Crippen LogP contribution in [-0.4, -0.2) is 44.3 Å². The van der Waals surface area contributed by atoms with Crippen LogP contribution in [0.4, 0.5) is 10.1 Å². The standard InChI is InChI=1S/C27H28Cl2FN3O4S/c1-4-31-27(35)19(3)32(16-23-24(28)6-5-7-25(23)29)26(34)17-33(21-12-10-20(30)11-13-21)38(36,37)22-14-8-18(2)9-15-22/h5-15,19H,4,16-17H2,1-3H3,(H,31,35)/t19-/m0/s1. The smallest absolute Gasteiger partial charge is 0.264 e. The molecule has 38 heavy (non-hydrogen) atoms. The fraction of sp³-hybridized carbons (Fsp3) is 0.259. The normalized spacial score (nSPS) is 12.1. The van der Waals surface area contributed by atoms with E-state index in [4.69, 9.17) is 23.2 Å². The Labute approximate surface area is 232 Å². The van der Waals surface area contributed by atoms with Crippen molar-refractivity contribution < 1.29 is 22.4 Å². The number of carbonyl (C=O) groups is 2.